The van der Waals surface area contributed by atoms with Gasteiger partial charge in [-0.15, -0.1) is 0 Å². The van der Waals surface area contributed by atoms with Crippen LogP contribution in [0.5, 0.6) is 0 Å². The van der Waals surface area contributed by atoms with Gasteiger partial charge in [0.05, 0.1) is 28.7 Å². The predicted octanol–water partition coefficient (Wildman–Crippen LogP) is 5.18. The fourth-order valence-corrected chi connectivity index (χ4v) is 2.70. The van der Waals surface area contributed by atoms with Crippen LogP contribution in [0.15, 0.2) is 48.7 Å². The molecule has 3 N–H and O–H groups in total. The van der Waals surface area contributed by atoms with E-state index in [1.165, 1.54) is 18.3 Å². The topological polar surface area (TPSA) is 50.9 Å². The summed E-state index contributed by atoms with van der Waals surface area (Å²) in [6.07, 6.45) is -2.82. The summed E-state index contributed by atoms with van der Waals surface area (Å²) >= 11 is 2.18. The number of aromatic nitrogens is 1. The minimum absolute atomic E-state index is 0.430. The summed E-state index contributed by atoms with van der Waals surface area (Å²) < 4.78 is 38.9. The predicted molar refractivity (Wildman–Crippen MR) is 93.6 cm³/mol. The van der Waals surface area contributed by atoms with E-state index in [9.17, 15) is 13.2 Å². The van der Waals surface area contributed by atoms with Gasteiger partial charge in [-0.2, -0.15) is 13.2 Å². The van der Waals surface area contributed by atoms with Crippen LogP contribution in [0.3, 0.4) is 0 Å². The average Bonchev–Trinajstić information content (AvgIpc) is 2.50. The van der Waals surface area contributed by atoms with E-state index in [4.69, 9.17) is 5.73 Å². The maximum atomic E-state index is 12.6. The Morgan fingerprint density at radius 3 is 2.39 bits per heavy atom. The lowest BCUT2D eigenvalue weighted by Crippen LogP contribution is -2.05. The summed E-state index contributed by atoms with van der Waals surface area (Å²) in [6.45, 7) is 0. The normalized spacial score (nSPS) is 11.7. The number of rotatable bonds is 2. The first-order valence-corrected chi connectivity index (χ1v) is 7.70. The maximum absolute atomic E-state index is 12.6. The van der Waals surface area contributed by atoms with Crippen molar-refractivity contribution < 1.29 is 13.2 Å². The quantitative estimate of drug-likeness (QED) is 0.552. The second kappa shape index (κ2) is 5.88. The standard InChI is InChI=1S/C16H11F3IN3/c17-16(18,19)9-1-4-11(5-2-9)23-15-12-7-10(20)3-6-14(12)22-8-13(15)21/h1-8H,21H2,(H,22,23). The molecule has 0 saturated carbocycles. The third kappa shape index (κ3) is 3.34. The molecule has 3 nitrogen and oxygen atoms in total. The fraction of sp³-hybridized carbons (Fsp3) is 0.0625. The molecule has 118 valence electrons. The monoisotopic (exact) mass is 429 g/mol. The summed E-state index contributed by atoms with van der Waals surface area (Å²) in [5.74, 6) is 0. The summed E-state index contributed by atoms with van der Waals surface area (Å²) in [7, 11) is 0. The molecule has 7 heteroatoms. The molecule has 0 aliphatic rings. The number of hydrogen-bond acceptors (Lipinski definition) is 3. The van der Waals surface area contributed by atoms with E-state index in [-0.39, 0.29) is 0 Å². The van der Waals surface area contributed by atoms with Crippen molar-refractivity contribution in [2.24, 2.45) is 0 Å². The van der Waals surface area contributed by atoms with Gasteiger partial charge < -0.3 is 11.1 Å². The molecule has 0 unspecified atom stereocenters. The third-order valence-electron chi connectivity index (χ3n) is 3.34. The molecule has 23 heavy (non-hydrogen) atoms. The van der Waals surface area contributed by atoms with Gasteiger partial charge in [-0.1, -0.05) is 0 Å². The first-order chi connectivity index (χ1) is 10.8. The Labute approximate surface area is 143 Å². The van der Waals surface area contributed by atoms with E-state index in [1.807, 2.05) is 18.2 Å². The first-order valence-electron chi connectivity index (χ1n) is 6.62. The van der Waals surface area contributed by atoms with Crippen LogP contribution >= 0.6 is 22.6 Å². The first kappa shape index (κ1) is 15.9. The van der Waals surface area contributed by atoms with Crippen molar-refractivity contribution >= 4 is 50.6 Å². The smallest absolute Gasteiger partial charge is 0.396 e. The average molecular weight is 429 g/mol. The van der Waals surface area contributed by atoms with Gasteiger partial charge in [-0.25, -0.2) is 0 Å². The highest BCUT2D eigenvalue weighted by Crippen LogP contribution is 2.33. The molecule has 0 aliphatic carbocycles. The number of nitrogens with two attached hydrogens (primary N) is 1. The number of nitrogens with zero attached hydrogens (tertiary/aromatic N) is 1. The van der Waals surface area contributed by atoms with E-state index in [0.29, 0.717) is 17.1 Å². The van der Waals surface area contributed by atoms with Crippen molar-refractivity contribution in [3.8, 4) is 0 Å². The van der Waals surface area contributed by atoms with Crippen molar-refractivity contribution in [2.75, 3.05) is 11.1 Å². The zero-order valence-electron chi connectivity index (χ0n) is 11.7. The zero-order chi connectivity index (χ0) is 16.6. The van der Waals surface area contributed by atoms with Gasteiger partial charge in [0.15, 0.2) is 0 Å². The maximum Gasteiger partial charge on any atom is 0.416 e. The molecule has 1 heterocycles. The number of fused-ring (bicyclic) bond motifs is 1. The molecular formula is C16H11F3IN3. The Bertz CT molecular complexity index is 856. The molecule has 0 amide bonds. The Hall–Kier alpha value is -2.03. The third-order valence-corrected chi connectivity index (χ3v) is 4.01. The molecule has 2 aromatic carbocycles. The van der Waals surface area contributed by atoms with Gasteiger partial charge in [0.25, 0.3) is 0 Å². The fourth-order valence-electron chi connectivity index (χ4n) is 2.21. The lowest BCUT2D eigenvalue weighted by atomic mass is 10.1. The number of halogens is 4. The molecule has 0 spiro atoms. The minimum atomic E-state index is -4.35. The van der Waals surface area contributed by atoms with Crippen LogP contribution in [0.1, 0.15) is 5.56 Å². The van der Waals surface area contributed by atoms with Gasteiger partial charge >= 0.3 is 6.18 Å². The number of hydrogen-bond donors (Lipinski definition) is 2. The van der Waals surface area contributed by atoms with E-state index in [2.05, 4.69) is 32.9 Å². The zero-order valence-corrected chi connectivity index (χ0v) is 13.8. The van der Waals surface area contributed by atoms with Crippen LogP contribution in [0.2, 0.25) is 0 Å². The highest BCUT2D eigenvalue weighted by molar-refractivity contribution is 14.1. The molecular weight excluding hydrogens is 418 g/mol. The van der Waals surface area contributed by atoms with E-state index in [1.54, 1.807) is 0 Å². The van der Waals surface area contributed by atoms with Gasteiger partial charge in [0.1, 0.15) is 0 Å². The van der Waals surface area contributed by atoms with Crippen molar-refractivity contribution in [1.82, 2.24) is 4.98 Å². The van der Waals surface area contributed by atoms with Gasteiger partial charge in [0.2, 0.25) is 0 Å². The number of alkyl halides is 3. The lowest BCUT2D eigenvalue weighted by molar-refractivity contribution is -0.137. The Balaban J connectivity index is 2.01. The minimum Gasteiger partial charge on any atom is -0.396 e. The second-order valence-electron chi connectivity index (χ2n) is 4.95. The van der Waals surface area contributed by atoms with Crippen LogP contribution in [0.25, 0.3) is 10.9 Å². The van der Waals surface area contributed by atoms with Gasteiger partial charge in [-0.3, -0.25) is 4.98 Å². The largest absolute Gasteiger partial charge is 0.416 e. The number of benzene rings is 2. The summed E-state index contributed by atoms with van der Waals surface area (Å²) in [5, 5.41) is 3.90. The molecule has 3 rings (SSSR count). The Morgan fingerprint density at radius 1 is 1.04 bits per heavy atom. The highest BCUT2D eigenvalue weighted by atomic mass is 127. The lowest BCUT2D eigenvalue weighted by Gasteiger charge is -2.13. The van der Waals surface area contributed by atoms with Crippen molar-refractivity contribution in [3.05, 3.63) is 57.8 Å². The van der Waals surface area contributed by atoms with E-state index < -0.39 is 11.7 Å². The second-order valence-corrected chi connectivity index (χ2v) is 6.20. The SMILES string of the molecule is Nc1cnc2ccc(I)cc2c1Nc1ccc(C(F)(F)F)cc1. The van der Waals surface area contributed by atoms with Crippen LogP contribution < -0.4 is 11.1 Å². The number of nitrogen functional groups attached to an aromatic ring is 1. The van der Waals surface area contributed by atoms with E-state index >= 15 is 0 Å². The molecule has 3 aromatic rings. The Morgan fingerprint density at radius 2 is 1.74 bits per heavy atom. The summed E-state index contributed by atoms with van der Waals surface area (Å²) in [5.41, 5.74) is 7.63. The number of pyridine rings is 1. The highest BCUT2D eigenvalue weighted by Gasteiger charge is 2.29. The van der Waals surface area contributed by atoms with Crippen LogP contribution in [-0.4, -0.2) is 4.98 Å². The Kier molecular flexibility index (Phi) is 4.05. The van der Waals surface area contributed by atoms with Crippen molar-refractivity contribution in [3.63, 3.8) is 0 Å². The molecule has 1 aromatic heterocycles. The van der Waals surface area contributed by atoms with Crippen LogP contribution in [0, 0.1) is 3.57 Å². The molecule has 0 atom stereocenters. The molecule has 0 saturated heterocycles. The van der Waals surface area contributed by atoms with Crippen LogP contribution in [0.4, 0.5) is 30.2 Å². The van der Waals surface area contributed by atoms with Crippen molar-refractivity contribution in [2.45, 2.75) is 6.18 Å². The van der Waals surface area contributed by atoms with Gasteiger partial charge in [0, 0.05) is 14.6 Å². The number of nitrogens with one attached hydrogen (secondary N) is 1. The van der Waals surface area contributed by atoms with Crippen molar-refractivity contribution in [1.29, 1.82) is 0 Å². The molecule has 0 fully saturated rings. The molecule has 0 aliphatic heterocycles. The molecule has 0 radical (unpaired) electrons. The van der Waals surface area contributed by atoms with E-state index in [0.717, 1.165) is 26.6 Å². The number of anilines is 3. The summed E-state index contributed by atoms with van der Waals surface area (Å²) in [4.78, 5) is 4.25. The summed E-state index contributed by atoms with van der Waals surface area (Å²) in [6, 6.07) is 10.5. The van der Waals surface area contributed by atoms with Crippen LogP contribution in [-0.2, 0) is 6.18 Å². The van der Waals surface area contributed by atoms with Gasteiger partial charge in [-0.05, 0) is 65.1 Å². The molecule has 0 bridgehead atoms.